The standard InChI is InChI=1S/6CN.Ru/c6*1-2;. The van der Waals surface area contributed by atoms with Crippen molar-refractivity contribution in [3.8, 4) is 28.0 Å². The maximum atomic E-state index is 8.59. The van der Waals surface area contributed by atoms with Crippen LogP contribution in [0.2, 0.25) is 0 Å². The van der Waals surface area contributed by atoms with Gasteiger partial charge in [-0.15, -0.1) is 0 Å². The normalized spacial score (nSPS) is 13.4. The second-order valence-electron chi connectivity index (χ2n) is 1.80. The van der Waals surface area contributed by atoms with Crippen LogP contribution < -0.4 is 0 Å². The molecule has 6 nitrogen and oxygen atoms in total. The third-order valence-electron chi connectivity index (χ3n) is 1.19. The van der Waals surface area contributed by atoms with Crippen molar-refractivity contribution in [2.45, 2.75) is 0 Å². The topological polar surface area (TPSA) is 143 Å². The first kappa shape index (κ1) is 10.6. The van der Waals surface area contributed by atoms with Crippen molar-refractivity contribution >= 4 is 0 Å². The van der Waals surface area contributed by atoms with E-state index in [0.29, 0.717) is 0 Å². The molecule has 0 aliphatic rings. The summed E-state index contributed by atoms with van der Waals surface area (Å²) >= 11 is -6.55. The Hall–Kier alpha value is -2.44. The van der Waals surface area contributed by atoms with Crippen molar-refractivity contribution in [2.75, 3.05) is 0 Å². The molecule has 0 N–H and O–H groups in total. The minimum absolute atomic E-state index is 1.06. The molecule has 0 aliphatic carbocycles. The molecule has 0 amide bonds. The maximum absolute atomic E-state index is 8.59. The molecule has 62 valence electrons. The van der Waals surface area contributed by atoms with E-state index in [2.05, 4.69) is 0 Å². The van der Waals surface area contributed by atoms with Gasteiger partial charge in [0.25, 0.3) is 0 Å². The van der Waals surface area contributed by atoms with Crippen molar-refractivity contribution in [1.82, 2.24) is 0 Å². The Morgan fingerprint density at radius 3 is 0.615 bits per heavy atom. The minimum atomic E-state index is -6.55. The van der Waals surface area contributed by atoms with Crippen LogP contribution in [0.5, 0.6) is 0 Å². The van der Waals surface area contributed by atoms with Gasteiger partial charge in [-0.3, -0.25) is 0 Å². The van der Waals surface area contributed by atoms with Crippen molar-refractivity contribution in [2.24, 2.45) is 0 Å². The van der Waals surface area contributed by atoms with Crippen LogP contribution in [0.3, 0.4) is 0 Å². The molecular formula is C6N6Ru. The second kappa shape index (κ2) is 2.04. The van der Waals surface area contributed by atoms with Crippen LogP contribution in [0.1, 0.15) is 0 Å². The molecule has 0 spiro atoms. The molecule has 0 aromatic carbocycles. The van der Waals surface area contributed by atoms with E-state index in [-0.39, 0.29) is 0 Å². The summed E-state index contributed by atoms with van der Waals surface area (Å²) in [4.78, 5) is 0. The van der Waals surface area contributed by atoms with Gasteiger partial charge in [0, 0.05) is 0 Å². The Morgan fingerprint density at radius 2 is 0.615 bits per heavy atom. The number of nitrogens with zero attached hydrogens (tertiary/aromatic N) is 6. The van der Waals surface area contributed by atoms with Crippen LogP contribution in [0, 0.1) is 59.6 Å². The molecular weight excluding hydrogens is 257 g/mol. The van der Waals surface area contributed by atoms with Crippen molar-refractivity contribution in [3.63, 3.8) is 0 Å². The second-order valence-corrected chi connectivity index (χ2v) is 10.6. The summed E-state index contributed by atoms with van der Waals surface area (Å²) in [5, 5.41) is 51.6. The van der Waals surface area contributed by atoms with Crippen molar-refractivity contribution < 1.29 is 12.4 Å². The summed E-state index contributed by atoms with van der Waals surface area (Å²) < 4.78 is 6.37. The SMILES string of the molecule is N#[C][Ru]([C]#N)([C]#N)([C]#N)([C]#N)[C]#N. The van der Waals surface area contributed by atoms with Crippen LogP contribution in [-0.4, -0.2) is 0 Å². The third kappa shape index (κ3) is 0.720. The van der Waals surface area contributed by atoms with Crippen LogP contribution in [0.4, 0.5) is 0 Å². The van der Waals surface area contributed by atoms with E-state index in [4.69, 9.17) is 31.6 Å². The number of hydrogen-bond donors (Lipinski definition) is 0. The third-order valence-corrected chi connectivity index (χ3v) is 7.02. The van der Waals surface area contributed by atoms with Crippen molar-refractivity contribution in [3.05, 3.63) is 0 Å². The van der Waals surface area contributed by atoms with Gasteiger partial charge >= 0.3 is 72.0 Å². The Kier molecular flexibility index (Phi) is 1.65. The van der Waals surface area contributed by atoms with Gasteiger partial charge < -0.3 is 0 Å². The monoisotopic (exact) mass is 258 g/mol. The Bertz CT molecular complexity index is 387. The van der Waals surface area contributed by atoms with Crippen LogP contribution in [-0.2, 0) is 12.4 Å². The van der Waals surface area contributed by atoms with E-state index in [1.165, 1.54) is 0 Å². The molecule has 0 aromatic heterocycles. The molecule has 7 heteroatoms. The molecule has 0 saturated heterocycles. The van der Waals surface area contributed by atoms with Crippen molar-refractivity contribution in [1.29, 1.82) is 31.6 Å². The summed E-state index contributed by atoms with van der Waals surface area (Å²) in [6.45, 7) is 0. The van der Waals surface area contributed by atoms with Gasteiger partial charge in [0.2, 0.25) is 0 Å². The van der Waals surface area contributed by atoms with Gasteiger partial charge in [0.05, 0.1) is 0 Å². The predicted octanol–water partition coefficient (Wildman–Crippen LogP) is 0.0982. The fourth-order valence-corrected chi connectivity index (χ4v) is 1.57. The van der Waals surface area contributed by atoms with E-state index >= 15 is 0 Å². The molecule has 0 unspecified atom stereocenters. The molecule has 0 bridgehead atoms. The molecule has 0 rings (SSSR count). The Morgan fingerprint density at radius 1 is 0.462 bits per heavy atom. The van der Waals surface area contributed by atoms with Gasteiger partial charge in [-0.2, -0.15) is 0 Å². The number of hydrogen-bond acceptors (Lipinski definition) is 6. The molecule has 0 heterocycles. The zero-order valence-electron chi connectivity index (χ0n) is 6.04. The number of nitriles is 6. The Labute approximate surface area is 72.3 Å². The van der Waals surface area contributed by atoms with Crippen LogP contribution in [0.15, 0.2) is 0 Å². The van der Waals surface area contributed by atoms with E-state index in [1.54, 1.807) is 0 Å². The predicted molar refractivity (Wildman–Crippen MR) is 33.7 cm³/mol. The fraction of sp³-hybridized carbons (Fsp3) is 0. The van der Waals surface area contributed by atoms with Gasteiger partial charge in [-0.05, 0) is 0 Å². The summed E-state index contributed by atoms with van der Waals surface area (Å²) in [6.07, 6.45) is 0. The molecule has 0 aromatic rings. The number of rotatable bonds is 0. The zero-order chi connectivity index (χ0) is 10.7. The first-order valence-electron chi connectivity index (χ1n) is 2.40. The summed E-state index contributed by atoms with van der Waals surface area (Å²) in [6, 6.07) is 0. The van der Waals surface area contributed by atoms with E-state index in [9.17, 15) is 0 Å². The first-order chi connectivity index (χ1) is 5.97. The van der Waals surface area contributed by atoms with E-state index in [1.807, 2.05) is 0 Å². The Balaban J connectivity index is 6.92. The zero-order valence-corrected chi connectivity index (χ0v) is 7.77. The van der Waals surface area contributed by atoms with Gasteiger partial charge in [0.15, 0.2) is 0 Å². The molecule has 13 heavy (non-hydrogen) atoms. The van der Waals surface area contributed by atoms with E-state index < -0.39 is 12.4 Å². The van der Waals surface area contributed by atoms with E-state index in [0.717, 1.165) is 28.0 Å². The summed E-state index contributed by atoms with van der Waals surface area (Å²) in [5.74, 6) is 0. The summed E-state index contributed by atoms with van der Waals surface area (Å²) in [7, 11) is 0. The quantitative estimate of drug-likeness (QED) is 0.563. The fourth-order valence-electron chi connectivity index (χ4n) is 0.265. The molecule has 0 radical (unpaired) electrons. The van der Waals surface area contributed by atoms with Gasteiger partial charge in [-0.25, -0.2) is 0 Å². The first-order valence-corrected chi connectivity index (χ1v) is 7.62. The molecule has 0 aliphatic heterocycles. The molecule has 0 saturated carbocycles. The average molecular weight is 257 g/mol. The van der Waals surface area contributed by atoms with Crippen LogP contribution in [0.25, 0.3) is 0 Å². The summed E-state index contributed by atoms with van der Waals surface area (Å²) in [5.41, 5.74) is 0. The average Bonchev–Trinajstić information content (AvgIpc) is 2.26. The molecule has 0 atom stereocenters. The van der Waals surface area contributed by atoms with Crippen LogP contribution >= 0.6 is 0 Å². The van der Waals surface area contributed by atoms with Gasteiger partial charge in [-0.1, -0.05) is 0 Å². The van der Waals surface area contributed by atoms with Gasteiger partial charge in [0.1, 0.15) is 0 Å². The molecule has 0 fully saturated rings.